The SMILES string of the molecule is O=C(OCCC1CCCCC1)c1cc(C(=O)OCCC2CCCCC2)c(SOOO)c(C(=O)OCCC2CCCCC2)c1. The second-order valence-corrected chi connectivity index (χ2v) is 13.1. The summed E-state index contributed by atoms with van der Waals surface area (Å²) in [6.45, 7) is 0.716. The van der Waals surface area contributed by atoms with Crippen molar-refractivity contribution < 1.29 is 43.2 Å². The van der Waals surface area contributed by atoms with Gasteiger partial charge in [-0.05, 0) is 49.1 Å². The van der Waals surface area contributed by atoms with Crippen LogP contribution in [-0.4, -0.2) is 43.0 Å². The van der Waals surface area contributed by atoms with Gasteiger partial charge in [0.25, 0.3) is 0 Å². The van der Waals surface area contributed by atoms with E-state index >= 15 is 0 Å². The van der Waals surface area contributed by atoms with Gasteiger partial charge in [0.1, 0.15) is 0 Å². The van der Waals surface area contributed by atoms with Crippen molar-refractivity contribution in [3.63, 3.8) is 0 Å². The summed E-state index contributed by atoms with van der Waals surface area (Å²) in [4.78, 5) is 39.9. The predicted octanol–water partition coefficient (Wildman–Crippen LogP) is 8.50. The topological polar surface area (TPSA) is 118 Å². The fourth-order valence-electron chi connectivity index (χ4n) is 6.81. The van der Waals surface area contributed by atoms with Gasteiger partial charge in [-0.15, -0.1) is 4.33 Å². The van der Waals surface area contributed by atoms with Crippen LogP contribution in [0, 0.1) is 17.8 Å². The van der Waals surface area contributed by atoms with Crippen molar-refractivity contribution in [3.05, 3.63) is 28.8 Å². The molecule has 0 unspecified atom stereocenters. The molecule has 240 valence electrons. The minimum atomic E-state index is -0.701. The predicted molar refractivity (Wildman–Crippen MR) is 162 cm³/mol. The third kappa shape index (κ3) is 11.1. The van der Waals surface area contributed by atoms with E-state index in [0.29, 0.717) is 29.8 Å². The van der Waals surface area contributed by atoms with Crippen LogP contribution in [0.4, 0.5) is 0 Å². The maximum atomic E-state index is 13.4. The number of hydrogen-bond acceptors (Lipinski definition) is 10. The molecular formula is C33H48O9S. The smallest absolute Gasteiger partial charge is 0.339 e. The number of carbonyl (C=O) groups is 3. The second-order valence-electron chi connectivity index (χ2n) is 12.4. The summed E-state index contributed by atoms with van der Waals surface area (Å²) >= 11 is 0.484. The molecule has 0 aliphatic heterocycles. The monoisotopic (exact) mass is 620 g/mol. The molecule has 0 amide bonds. The minimum Gasteiger partial charge on any atom is -0.462 e. The molecule has 9 nitrogen and oxygen atoms in total. The van der Waals surface area contributed by atoms with Crippen molar-refractivity contribution in [2.45, 2.75) is 120 Å². The van der Waals surface area contributed by atoms with Crippen LogP contribution in [0.3, 0.4) is 0 Å². The number of rotatable bonds is 15. The second kappa shape index (κ2) is 18.6. The molecule has 1 aromatic rings. The Bertz CT molecular complexity index is 970. The summed E-state index contributed by atoms with van der Waals surface area (Å²) in [5, 5.41) is 12.6. The lowest BCUT2D eigenvalue weighted by Gasteiger charge is -2.22. The van der Waals surface area contributed by atoms with Gasteiger partial charge in [0.15, 0.2) is 0 Å². The number of benzene rings is 1. The molecule has 1 N–H and O–H groups in total. The largest absolute Gasteiger partial charge is 0.462 e. The molecule has 0 bridgehead atoms. The zero-order valence-electron chi connectivity index (χ0n) is 25.4. The van der Waals surface area contributed by atoms with E-state index in [-0.39, 0.29) is 41.4 Å². The Morgan fingerprint density at radius 1 is 0.605 bits per heavy atom. The van der Waals surface area contributed by atoms with Crippen LogP contribution in [-0.2, 0) is 23.6 Å². The van der Waals surface area contributed by atoms with Gasteiger partial charge in [-0.2, -0.15) is 0 Å². The molecule has 0 saturated heterocycles. The molecule has 0 heterocycles. The van der Waals surface area contributed by atoms with Crippen LogP contribution in [0.2, 0.25) is 0 Å². The van der Waals surface area contributed by atoms with Gasteiger partial charge in [-0.25, -0.2) is 19.6 Å². The lowest BCUT2D eigenvalue weighted by Crippen LogP contribution is -2.18. The Balaban J connectivity index is 1.49. The van der Waals surface area contributed by atoms with Gasteiger partial charge in [0.2, 0.25) is 0 Å². The Labute approximate surface area is 259 Å². The average Bonchev–Trinajstić information content (AvgIpc) is 3.04. The fraction of sp³-hybridized carbons (Fsp3) is 0.727. The Kier molecular flexibility index (Phi) is 14.6. The third-order valence-corrected chi connectivity index (χ3v) is 10.1. The van der Waals surface area contributed by atoms with Gasteiger partial charge < -0.3 is 14.2 Å². The van der Waals surface area contributed by atoms with Crippen molar-refractivity contribution in [1.82, 2.24) is 0 Å². The van der Waals surface area contributed by atoms with Gasteiger partial charge in [0.05, 0.1) is 53.4 Å². The Morgan fingerprint density at radius 3 is 1.35 bits per heavy atom. The fourth-order valence-corrected chi connectivity index (χ4v) is 7.37. The first-order valence-corrected chi connectivity index (χ1v) is 17.1. The molecule has 0 aromatic heterocycles. The van der Waals surface area contributed by atoms with Gasteiger partial charge in [-0.1, -0.05) is 101 Å². The average molecular weight is 621 g/mol. The highest BCUT2D eigenvalue weighted by atomic mass is 32.2. The van der Waals surface area contributed by atoms with Crippen molar-refractivity contribution in [1.29, 1.82) is 0 Å². The summed E-state index contributed by atoms with van der Waals surface area (Å²) in [6, 6.07) is 2.71. The maximum Gasteiger partial charge on any atom is 0.339 e. The van der Waals surface area contributed by atoms with E-state index in [9.17, 15) is 14.4 Å². The maximum absolute atomic E-state index is 13.4. The zero-order valence-corrected chi connectivity index (χ0v) is 26.2. The Morgan fingerprint density at radius 2 is 0.977 bits per heavy atom. The van der Waals surface area contributed by atoms with Crippen LogP contribution < -0.4 is 0 Å². The number of esters is 3. The highest BCUT2D eigenvalue weighted by molar-refractivity contribution is 7.94. The summed E-state index contributed by atoms with van der Waals surface area (Å²) in [5.41, 5.74) is -0.0466. The summed E-state index contributed by atoms with van der Waals surface area (Å²) < 4.78 is 21.5. The van der Waals surface area contributed by atoms with Crippen molar-refractivity contribution >= 4 is 30.0 Å². The molecule has 0 radical (unpaired) electrons. The number of carbonyl (C=O) groups excluding carboxylic acids is 3. The highest BCUT2D eigenvalue weighted by Gasteiger charge is 2.28. The molecule has 43 heavy (non-hydrogen) atoms. The lowest BCUT2D eigenvalue weighted by molar-refractivity contribution is -0.432. The molecule has 3 aliphatic carbocycles. The zero-order chi connectivity index (χ0) is 30.3. The quantitative estimate of drug-likeness (QED) is 0.0672. The van der Waals surface area contributed by atoms with Gasteiger partial charge in [0, 0.05) is 0 Å². The van der Waals surface area contributed by atoms with Crippen LogP contribution in [0.5, 0.6) is 0 Å². The summed E-state index contributed by atoms with van der Waals surface area (Å²) in [5.74, 6) is -0.455. The number of hydrogen-bond donors (Lipinski definition) is 1. The van der Waals surface area contributed by atoms with E-state index in [4.69, 9.17) is 19.5 Å². The van der Waals surface area contributed by atoms with E-state index in [1.165, 1.54) is 69.9 Å². The van der Waals surface area contributed by atoms with Crippen molar-refractivity contribution in [2.24, 2.45) is 17.8 Å². The van der Waals surface area contributed by atoms with E-state index in [1.807, 2.05) is 0 Å². The molecule has 0 atom stereocenters. The van der Waals surface area contributed by atoms with Crippen LogP contribution in [0.25, 0.3) is 0 Å². The number of ether oxygens (including phenoxy) is 3. The molecule has 0 spiro atoms. The minimum absolute atomic E-state index is 0.0399. The van der Waals surface area contributed by atoms with Crippen molar-refractivity contribution in [3.8, 4) is 0 Å². The van der Waals surface area contributed by atoms with Crippen LogP contribution in [0.1, 0.15) is 147 Å². The first-order valence-electron chi connectivity index (χ1n) is 16.4. The van der Waals surface area contributed by atoms with Crippen LogP contribution in [0.15, 0.2) is 17.0 Å². The highest BCUT2D eigenvalue weighted by Crippen LogP contribution is 2.33. The first kappa shape index (κ1) is 33.7. The first-order chi connectivity index (χ1) is 21.0. The third-order valence-electron chi connectivity index (χ3n) is 9.36. The molecule has 3 aliphatic rings. The molecule has 4 rings (SSSR count). The van der Waals surface area contributed by atoms with E-state index < -0.39 is 17.9 Å². The van der Waals surface area contributed by atoms with E-state index in [2.05, 4.69) is 9.37 Å². The standard InChI is InChI=1S/C33H48O9S/c34-31(38-19-16-24-10-4-1-5-11-24)27-22-28(32(35)39-20-17-25-12-6-2-7-13-25)30(43-42-41-37)29(23-27)33(36)40-21-18-26-14-8-3-9-15-26/h22-26,37H,1-21H2. The summed E-state index contributed by atoms with van der Waals surface area (Å²) in [7, 11) is 0. The van der Waals surface area contributed by atoms with E-state index in [1.54, 1.807) is 0 Å². The van der Waals surface area contributed by atoms with Gasteiger partial charge >= 0.3 is 17.9 Å². The van der Waals surface area contributed by atoms with Crippen LogP contribution >= 0.6 is 12.0 Å². The molecule has 10 heteroatoms. The van der Waals surface area contributed by atoms with Crippen molar-refractivity contribution in [2.75, 3.05) is 19.8 Å². The lowest BCUT2D eigenvalue weighted by atomic mass is 9.87. The normalized spacial score (nSPS) is 18.7. The molecule has 1 aromatic carbocycles. The van der Waals surface area contributed by atoms with E-state index in [0.717, 1.165) is 57.8 Å². The molecule has 3 fully saturated rings. The Hall–Kier alpha value is -2.14. The molecular weight excluding hydrogens is 572 g/mol. The summed E-state index contributed by atoms with van der Waals surface area (Å²) in [6.07, 6.45) is 20.0. The van der Waals surface area contributed by atoms with Gasteiger partial charge in [-0.3, -0.25) is 0 Å². The molecule has 3 saturated carbocycles.